The summed E-state index contributed by atoms with van der Waals surface area (Å²) in [6, 6.07) is 0.427. The molecule has 5 heteroatoms. The van der Waals surface area contributed by atoms with Gasteiger partial charge in [0.15, 0.2) is 0 Å². The molecule has 1 aromatic heterocycles. The van der Waals surface area contributed by atoms with Crippen LogP contribution in [0.2, 0.25) is 0 Å². The second-order valence-electron chi connectivity index (χ2n) is 6.45. The van der Waals surface area contributed by atoms with Gasteiger partial charge in [0.2, 0.25) is 0 Å². The van der Waals surface area contributed by atoms with E-state index in [2.05, 4.69) is 30.0 Å². The number of hydrogen-bond acceptors (Lipinski definition) is 4. The minimum Gasteiger partial charge on any atom is -0.381 e. The fraction of sp³-hybridized carbons (Fsp3) is 0.800. The third kappa shape index (κ3) is 2.75. The Bertz CT molecular complexity index is 452. The van der Waals surface area contributed by atoms with E-state index in [0.29, 0.717) is 12.1 Å². The van der Waals surface area contributed by atoms with E-state index >= 15 is 0 Å². The Kier molecular flexibility index (Phi) is 3.84. The van der Waals surface area contributed by atoms with Gasteiger partial charge >= 0.3 is 0 Å². The number of methoxy groups -OCH3 is 1. The largest absolute Gasteiger partial charge is 0.381 e. The highest BCUT2D eigenvalue weighted by molar-refractivity contribution is 5.08. The van der Waals surface area contributed by atoms with Crippen molar-refractivity contribution in [1.82, 2.24) is 14.7 Å². The molecule has 0 saturated carbocycles. The number of ether oxygens (including phenoxy) is 2. The van der Waals surface area contributed by atoms with Gasteiger partial charge in [-0.05, 0) is 20.3 Å². The van der Waals surface area contributed by atoms with Crippen molar-refractivity contribution in [3.05, 3.63) is 18.0 Å². The van der Waals surface area contributed by atoms with Crippen LogP contribution in [0.25, 0.3) is 0 Å². The summed E-state index contributed by atoms with van der Waals surface area (Å²) in [7, 11) is 1.81. The second kappa shape index (κ2) is 5.47. The van der Waals surface area contributed by atoms with E-state index in [-0.39, 0.29) is 5.60 Å². The lowest BCUT2D eigenvalue weighted by molar-refractivity contribution is -0.195. The molecular formula is C15H25N3O2. The molecule has 1 spiro atoms. The average molecular weight is 279 g/mol. The van der Waals surface area contributed by atoms with Crippen molar-refractivity contribution in [2.24, 2.45) is 0 Å². The molecule has 0 unspecified atom stereocenters. The SMILES string of the molecule is CO[C@H]1CCOC2(C1)CN(Cc1cnn(C(C)C)c1)C2. The summed E-state index contributed by atoms with van der Waals surface area (Å²) in [6.45, 7) is 8.12. The Morgan fingerprint density at radius 3 is 2.95 bits per heavy atom. The molecule has 0 radical (unpaired) electrons. The highest BCUT2D eigenvalue weighted by Gasteiger charge is 2.47. The molecule has 1 atom stereocenters. The molecule has 2 saturated heterocycles. The van der Waals surface area contributed by atoms with Crippen LogP contribution < -0.4 is 0 Å². The number of likely N-dealkylation sites (tertiary alicyclic amines) is 1. The predicted octanol–water partition coefficient (Wildman–Crippen LogP) is 1.84. The Morgan fingerprint density at radius 2 is 2.30 bits per heavy atom. The molecular weight excluding hydrogens is 254 g/mol. The van der Waals surface area contributed by atoms with Gasteiger partial charge in [0, 0.05) is 57.6 Å². The minimum atomic E-state index is 0.0486. The summed E-state index contributed by atoms with van der Waals surface area (Å²) >= 11 is 0. The zero-order valence-electron chi connectivity index (χ0n) is 12.7. The molecule has 0 bridgehead atoms. The minimum absolute atomic E-state index is 0.0486. The topological polar surface area (TPSA) is 39.5 Å². The summed E-state index contributed by atoms with van der Waals surface area (Å²) in [5.74, 6) is 0. The third-order valence-electron chi connectivity index (χ3n) is 4.39. The molecule has 2 aliphatic heterocycles. The molecule has 1 aromatic rings. The maximum Gasteiger partial charge on any atom is 0.0959 e. The van der Waals surface area contributed by atoms with Gasteiger partial charge < -0.3 is 9.47 Å². The van der Waals surface area contributed by atoms with Gasteiger partial charge in [0.1, 0.15) is 0 Å². The Balaban J connectivity index is 1.52. The van der Waals surface area contributed by atoms with Gasteiger partial charge in [-0.1, -0.05) is 0 Å². The molecule has 0 N–H and O–H groups in total. The standard InChI is InChI=1S/C15H25N3O2/c1-12(2)18-9-13(7-16-18)8-17-10-15(11-17)6-14(19-3)4-5-20-15/h7,9,12,14H,4-6,8,10-11H2,1-3H3/t14-/m0/s1. The van der Waals surface area contributed by atoms with Crippen molar-refractivity contribution in [3.63, 3.8) is 0 Å². The Labute approximate surface area is 120 Å². The molecule has 20 heavy (non-hydrogen) atoms. The van der Waals surface area contributed by atoms with Crippen LogP contribution in [0.4, 0.5) is 0 Å². The molecule has 5 nitrogen and oxygen atoms in total. The van der Waals surface area contributed by atoms with Crippen molar-refractivity contribution in [2.75, 3.05) is 26.8 Å². The number of hydrogen-bond donors (Lipinski definition) is 0. The zero-order chi connectivity index (χ0) is 14.2. The lowest BCUT2D eigenvalue weighted by atomic mass is 9.84. The van der Waals surface area contributed by atoms with E-state index in [1.807, 2.05) is 10.9 Å². The molecule has 2 aliphatic rings. The molecule has 0 aliphatic carbocycles. The van der Waals surface area contributed by atoms with Crippen LogP contribution in [0.5, 0.6) is 0 Å². The van der Waals surface area contributed by atoms with Gasteiger partial charge in [-0.2, -0.15) is 5.10 Å². The summed E-state index contributed by atoms with van der Waals surface area (Å²) < 4.78 is 13.5. The van der Waals surface area contributed by atoms with Crippen molar-refractivity contribution in [1.29, 1.82) is 0 Å². The van der Waals surface area contributed by atoms with Crippen LogP contribution in [-0.2, 0) is 16.0 Å². The first kappa shape index (κ1) is 14.0. The lowest BCUT2D eigenvalue weighted by Gasteiger charge is -2.53. The monoisotopic (exact) mass is 279 g/mol. The molecule has 2 fully saturated rings. The Hall–Kier alpha value is -0.910. The van der Waals surface area contributed by atoms with Crippen LogP contribution in [0.15, 0.2) is 12.4 Å². The Morgan fingerprint density at radius 1 is 1.50 bits per heavy atom. The molecule has 112 valence electrons. The quantitative estimate of drug-likeness (QED) is 0.843. The van der Waals surface area contributed by atoms with Crippen LogP contribution in [0.3, 0.4) is 0 Å². The maximum absolute atomic E-state index is 6.00. The second-order valence-corrected chi connectivity index (χ2v) is 6.45. The van der Waals surface area contributed by atoms with Gasteiger partial charge in [-0.3, -0.25) is 9.58 Å². The van der Waals surface area contributed by atoms with E-state index in [1.165, 1.54) is 5.56 Å². The van der Waals surface area contributed by atoms with E-state index in [0.717, 1.165) is 39.1 Å². The third-order valence-corrected chi connectivity index (χ3v) is 4.39. The molecule has 3 rings (SSSR count). The van der Waals surface area contributed by atoms with E-state index in [9.17, 15) is 0 Å². The number of rotatable bonds is 4. The first-order chi connectivity index (χ1) is 9.60. The van der Waals surface area contributed by atoms with Crippen molar-refractivity contribution in [3.8, 4) is 0 Å². The fourth-order valence-electron chi connectivity index (χ4n) is 3.28. The number of nitrogens with zero attached hydrogens (tertiary/aromatic N) is 3. The lowest BCUT2D eigenvalue weighted by Crippen LogP contribution is -2.65. The summed E-state index contributed by atoms with van der Waals surface area (Å²) in [4.78, 5) is 2.43. The number of aromatic nitrogens is 2. The van der Waals surface area contributed by atoms with Gasteiger partial charge in [-0.15, -0.1) is 0 Å². The normalized spacial score (nSPS) is 26.1. The average Bonchev–Trinajstić information content (AvgIpc) is 2.86. The van der Waals surface area contributed by atoms with Gasteiger partial charge in [-0.25, -0.2) is 0 Å². The van der Waals surface area contributed by atoms with Crippen molar-refractivity contribution in [2.45, 2.75) is 51.0 Å². The van der Waals surface area contributed by atoms with E-state index in [4.69, 9.17) is 9.47 Å². The van der Waals surface area contributed by atoms with Crippen LogP contribution in [0, 0.1) is 0 Å². The van der Waals surface area contributed by atoms with Crippen LogP contribution in [0.1, 0.15) is 38.3 Å². The molecule has 0 amide bonds. The fourth-order valence-corrected chi connectivity index (χ4v) is 3.28. The van der Waals surface area contributed by atoms with E-state index < -0.39 is 0 Å². The summed E-state index contributed by atoms with van der Waals surface area (Å²) in [5.41, 5.74) is 1.33. The zero-order valence-corrected chi connectivity index (χ0v) is 12.7. The molecule has 0 aromatic carbocycles. The first-order valence-corrected chi connectivity index (χ1v) is 7.52. The van der Waals surface area contributed by atoms with Crippen LogP contribution >= 0.6 is 0 Å². The van der Waals surface area contributed by atoms with Crippen molar-refractivity contribution < 1.29 is 9.47 Å². The van der Waals surface area contributed by atoms with Crippen molar-refractivity contribution >= 4 is 0 Å². The van der Waals surface area contributed by atoms with E-state index in [1.54, 1.807) is 7.11 Å². The highest BCUT2D eigenvalue weighted by atomic mass is 16.5. The predicted molar refractivity (Wildman–Crippen MR) is 76.6 cm³/mol. The highest BCUT2D eigenvalue weighted by Crippen LogP contribution is 2.35. The van der Waals surface area contributed by atoms with Crippen LogP contribution in [-0.4, -0.2) is 53.2 Å². The maximum atomic E-state index is 6.00. The summed E-state index contributed by atoms with van der Waals surface area (Å²) in [6.07, 6.45) is 6.56. The summed E-state index contributed by atoms with van der Waals surface area (Å²) in [5, 5.41) is 4.40. The van der Waals surface area contributed by atoms with Gasteiger partial charge in [0.25, 0.3) is 0 Å². The van der Waals surface area contributed by atoms with Gasteiger partial charge in [0.05, 0.1) is 17.9 Å². The smallest absolute Gasteiger partial charge is 0.0959 e. The first-order valence-electron chi connectivity index (χ1n) is 7.52. The molecule has 3 heterocycles.